The van der Waals surface area contributed by atoms with Gasteiger partial charge in [0.05, 0.1) is 0 Å². The highest BCUT2D eigenvalue weighted by Gasteiger charge is 2.17. The van der Waals surface area contributed by atoms with E-state index in [4.69, 9.17) is 4.99 Å². The van der Waals surface area contributed by atoms with Crippen LogP contribution in [0.3, 0.4) is 0 Å². The first-order valence-corrected chi connectivity index (χ1v) is 8.56. The number of phenols is 1. The van der Waals surface area contributed by atoms with E-state index in [9.17, 15) is 5.11 Å². The first-order valence-electron chi connectivity index (χ1n) is 8.56. The van der Waals surface area contributed by atoms with E-state index in [-0.39, 0.29) is 0 Å². The fourth-order valence-corrected chi connectivity index (χ4v) is 3.29. The molecule has 2 nitrogen and oxygen atoms in total. The van der Waals surface area contributed by atoms with Crippen molar-refractivity contribution in [2.24, 2.45) is 10.9 Å². The molecular weight excluding hydrogens is 282 g/mol. The van der Waals surface area contributed by atoms with Gasteiger partial charge in [0.15, 0.2) is 0 Å². The van der Waals surface area contributed by atoms with Crippen LogP contribution >= 0.6 is 0 Å². The number of hydrogen-bond donors (Lipinski definition) is 1. The summed E-state index contributed by atoms with van der Waals surface area (Å²) in [4.78, 5) is 4.76. The van der Waals surface area contributed by atoms with E-state index in [1.54, 1.807) is 0 Å². The number of aliphatic imine (C=N–C) groups is 1. The zero-order valence-electron chi connectivity index (χ0n) is 14.0. The number of aromatic hydroxyl groups is 1. The van der Waals surface area contributed by atoms with E-state index < -0.39 is 0 Å². The maximum Gasteiger partial charge on any atom is 0.132 e. The van der Waals surface area contributed by atoms with Gasteiger partial charge in [-0.3, -0.25) is 4.99 Å². The van der Waals surface area contributed by atoms with Gasteiger partial charge < -0.3 is 5.11 Å². The Balaban J connectivity index is 1.87. The molecule has 1 N–H and O–H groups in total. The molecule has 1 aliphatic rings. The van der Waals surface area contributed by atoms with Gasteiger partial charge in [-0.1, -0.05) is 49.4 Å². The normalized spacial score (nSPS) is 21.7. The summed E-state index contributed by atoms with van der Waals surface area (Å²) in [7, 11) is 0. The number of phenolic OH excluding ortho intramolecular Hbond substituents is 1. The molecule has 1 saturated carbocycles. The Kier molecular flexibility index (Phi) is 4.80. The fourth-order valence-electron chi connectivity index (χ4n) is 3.29. The Morgan fingerprint density at radius 2 is 1.70 bits per heavy atom. The maximum atomic E-state index is 10.7. The number of benzene rings is 2. The lowest BCUT2D eigenvalue weighted by Crippen LogP contribution is -2.15. The minimum Gasteiger partial charge on any atom is -0.507 e. The number of aryl methyl sites for hydroxylation is 1. The SMILES string of the molecule is Cc1ccc(-c2ccccc2)c(O)c1C=NC1CCC(C)CC1. The number of hydrogen-bond acceptors (Lipinski definition) is 2. The largest absolute Gasteiger partial charge is 0.507 e. The second-order valence-electron chi connectivity index (χ2n) is 6.75. The summed E-state index contributed by atoms with van der Waals surface area (Å²) in [5.74, 6) is 1.17. The lowest BCUT2D eigenvalue weighted by atomic mass is 9.88. The van der Waals surface area contributed by atoms with Gasteiger partial charge in [0.2, 0.25) is 0 Å². The predicted octanol–water partition coefficient (Wildman–Crippen LogP) is 5.37. The van der Waals surface area contributed by atoms with Crippen LogP contribution in [0.2, 0.25) is 0 Å². The Morgan fingerprint density at radius 1 is 1.00 bits per heavy atom. The molecule has 0 bridgehead atoms. The Labute approximate surface area is 138 Å². The quantitative estimate of drug-likeness (QED) is 0.760. The second kappa shape index (κ2) is 6.99. The van der Waals surface area contributed by atoms with Crippen molar-refractivity contribution < 1.29 is 5.11 Å². The van der Waals surface area contributed by atoms with Crippen LogP contribution in [0.5, 0.6) is 5.75 Å². The predicted molar refractivity (Wildman–Crippen MR) is 97.3 cm³/mol. The molecule has 2 aromatic carbocycles. The van der Waals surface area contributed by atoms with Gasteiger partial charge >= 0.3 is 0 Å². The van der Waals surface area contributed by atoms with Crippen molar-refractivity contribution in [1.82, 2.24) is 0 Å². The Morgan fingerprint density at radius 3 is 2.39 bits per heavy atom. The molecule has 0 spiro atoms. The molecule has 0 atom stereocenters. The van der Waals surface area contributed by atoms with Gasteiger partial charge in [-0.15, -0.1) is 0 Å². The third-order valence-electron chi connectivity index (χ3n) is 4.92. The van der Waals surface area contributed by atoms with Gasteiger partial charge in [0.1, 0.15) is 5.75 Å². The number of nitrogens with zero attached hydrogens (tertiary/aromatic N) is 1. The molecule has 23 heavy (non-hydrogen) atoms. The van der Waals surface area contributed by atoms with Crippen molar-refractivity contribution in [2.45, 2.75) is 45.6 Å². The van der Waals surface area contributed by atoms with E-state index in [1.807, 2.05) is 49.5 Å². The van der Waals surface area contributed by atoms with Crippen LogP contribution in [0.4, 0.5) is 0 Å². The molecule has 0 aromatic heterocycles. The molecule has 2 aromatic rings. The lowest BCUT2D eigenvalue weighted by Gasteiger charge is -2.23. The van der Waals surface area contributed by atoms with E-state index in [0.717, 1.165) is 41.0 Å². The van der Waals surface area contributed by atoms with E-state index >= 15 is 0 Å². The molecule has 0 aliphatic heterocycles. The molecule has 2 heteroatoms. The molecule has 0 unspecified atom stereocenters. The van der Waals surface area contributed by atoms with Crippen molar-refractivity contribution in [1.29, 1.82) is 0 Å². The van der Waals surface area contributed by atoms with Crippen LogP contribution in [-0.4, -0.2) is 17.4 Å². The third-order valence-corrected chi connectivity index (χ3v) is 4.92. The van der Waals surface area contributed by atoms with Gasteiger partial charge in [-0.25, -0.2) is 0 Å². The molecule has 0 heterocycles. The van der Waals surface area contributed by atoms with Gasteiger partial charge in [-0.05, 0) is 49.7 Å². The Hall–Kier alpha value is -2.09. The van der Waals surface area contributed by atoms with Gasteiger partial charge in [0, 0.05) is 23.4 Å². The maximum absolute atomic E-state index is 10.7. The smallest absolute Gasteiger partial charge is 0.132 e. The van der Waals surface area contributed by atoms with Gasteiger partial charge in [0.25, 0.3) is 0 Å². The fraction of sp³-hybridized carbons (Fsp3) is 0.381. The van der Waals surface area contributed by atoms with Gasteiger partial charge in [-0.2, -0.15) is 0 Å². The van der Waals surface area contributed by atoms with Crippen molar-refractivity contribution in [3.8, 4) is 16.9 Å². The summed E-state index contributed by atoms with van der Waals surface area (Å²) < 4.78 is 0. The highest BCUT2D eigenvalue weighted by Crippen LogP contribution is 2.33. The summed E-state index contributed by atoms with van der Waals surface area (Å²) in [6.45, 7) is 4.35. The second-order valence-corrected chi connectivity index (χ2v) is 6.75. The lowest BCUT2D eigenvalue weighted by molar-refractivity contribution is 0.350. The van der Waals surface area contributed by atoms with E-state index in [2.05, 4.69) is 13.0 Å². The highest BCUT2D eigenvalue weighted by atomic mass is 16.3. The van der Waals surface area contributed by atoms with Crippen LogP contribution in [0, 0.1) is 12.8 Å². The third kappa shape index (κ3) is 3.64. The highest BCUT2D eigenvalue weighted by molar-refractivity contribution is 5.90. The minimum absolute atomic E-state index is 0.337. The molecule has 120 valence electrons. The first kappa shape index (κ1) is 15.8. The summed E-state index contributed by atoms with van der Waals surface area (Å²) in [5.41, 5.74) is 3.82. The minimum atomic E-state index is 0.337. The summed E-state index contributed by atoms with van der Waals surface area (Å²) >= 11 is 0. The monoisotopic (exact) mass is 307 g/mol. The standard InChI is InChI=1S/C21H25NO/c1-15-8-11-18(12-9-15)22-14-20-16(2)10-13-19(21(20)23)17-6-4-3-5-7-17/h3-7,10,13-15,18,23H,8-9,11-12H2,1-2H3. The molecular formula is C21H25NO. The summed E-state index contributed by atoms with van der Waals surface area (Å²) in [6, 6.07) is 14.5. The molecule has 0 saturated heterocycles. The molecule has 1 fully saturated rings. The van der Waals surface area contributed by atoms with Crippen molar-refractivity contribution >= 4 is 6.21 Å². The topological polar surface area (TPSA) is 32.6 Å². The first-order chi connectivity index (χ1) is 11.1. The molecule has 1 aliphatic carbocycles. The molecule has 3 rings (SSSR count). The van der Waals surface area contributed by atoms with E-state index in [1.165, 1.54) is 12.8 Å². The summed E-state index contributed by atoms with van der Waals surface area (Å²) in [5, 5.41) is 10.7. The number of rotatable bonds is 3. The van der Waals surface area contributed by atoms with Crippen LogP contribution in [0.1, 0.15) is 43.7 Å². The molecule has 0 amide bonds. The van der Waals surface area contributed by atoms with Crippen LogP contribution < -0.4 is 0 Å². The zero-order chi connectivity index (χ0) is 16.2. The average Bonchev–Trinajstić information content (AvgIpc) is 2.57. The van der Waals surface area contributed by atoms with Crippen molar-refractivity contribution in [3.05, 3.63) is 53.6 Å². The van der Waals surface area contributed by atoms with Crippen molar-refractivity contribution in [2.75, 3.05) is 0 Å². The van der Waals surface area contributed by atoms with Crippen molar-refractivity contribution in [3.63, 3.8) is 0 Å². The van der Waals surface area contributed by atoms with Crippen LogP contribution in [0.25, 0.3) is 11.1 Å². The molecule has 0 radical (unpaired) electrons. The van der Waals surface area contributed by atoms with Crippen LogP contribution in [-0.2, 0) is 0 Å². The van der Waals surface area contributed by atoms with E-state index in [0.29, 0.717) is 11.8 Å². The zero-order valence-corrected chi connectivity index (χ0v) is 14.0. The summed E-state index contributed by atoms with van der Waals surface area (Å²) in [6.07, 6.45) is 6.73. The van der Waals surface area contributed by atoms with Crippen LogP contribution in [0.15, 0.2) is 47.5 Å². The average molecular weight is 307 g/mol. The Bertz CT molecular complexity index is 682.